The number of hydrogen-bond acceptors (Lipinski definition) is 5. The second-order valence-electron chi connectivity index (χ2n) is 14.4. The largest absolute Gasteiger partial charge is 0.874 e. The van der Waals surface area contributed by atoms with Crippen LogP contribution < -0.4 is 10.4 Å². The lowest BCUT2D eigenvalue weighted by molar-refractivity contribution is -0.628. The molecule has 1 fully saturated rings. The number of quaternary nitrogens is 1. The summed E-state index contributed by atoms with van der Waals surface area (Å²) in [6.45, 7) is 22.5. The lowest BCUT2D eigenvalue weighted by Gasteiger charge is -2.63. The summed E-state index contributed by atoms with van der Waals surface area (Å²) in [4.78, 5) is 44.2. The highest BCUT2D eigenvalue weighted by atomic mass is 16.3. The average molecular weight is 612 g/mol. The van der Waals surface area contributed by atoms with Crippen molar-refractivity contribution in [3.8, 4) is 0 Å². The zero-order chi connectivity index (χ0) is 34.0. The molecule has 248 valence electrons. The van der Waals surface area contributed by atoms with Crippen LogP contribution in [0.25, 0.3) is 0 Å². The molecule has 0 heterocycles. The van der Waals surface area contributed by atoms with Crippen molar-refractivity contribution in [3.05, 3.63) is 57.9 Å². The van der Waals surface area contributed by atoms with Crippen LogP contribution in [-0.4, -0.2) is 42.7 Å². The predicted molar refractivity (Wildman–Crippen MR) is 179 cm³/mol. The lowest BCUT2D eigenvalue weighted by Crippen LogP contribution is -2.80. The molecule has 2 aliphatic rings. The molecule has 0 aliphatic heterocycles. The third-order valence-electron chi connectivity index (χ3n) is 9.36. The molecule has 2 rings (SSSR count). The van der Waals surface area contributed by atoms with Gasteiger partial charge in [0.25, 0.3) is 0 Å². The number of likely N-dealkylation sites (N-methyl/N-ethyl adjacent to an activating group) is 1. The number of aliphatic hydroxyl groups excluding tert-OH is 1. The second kappa shape index (κ2) is 16.7. The van der Waals surface area contributed by atoms with Crippen LogP contribution in [0.2, 0.25) is 0 Å². The van der Waals surface area contributed by atoms with E-state index in [4.69, 9.17) is 5.11 Å². The number of carbonyl (C=O) groups is 3. The van der Waals surface area contributed by atoms with E-state index < -0.39 is 33.7 Å². The Morgan fingerprint density at radius 3 is 1.93 bits per heavy atom. The number of fused-ring (bicyclic) bond motifs is 2. The maximum Gasteiger partial charge on any atom is 0.179 e. The van der Waals surface area contributed by atoms with Crippen molar-refractivity contribution in [2.45, 2.75) is 115 Å². The normalized spacial score (nSPS) is 26.0. The van der Waals surface area contributed by atoms with Crippen LogP contribution in [0.1, 0.15) is 115 Å². The molecule has 2 aliphatic carbocycles. The highest BCUT2D eigenvalue weighted by Gasteiger charge is 2.74. The third-order valence-corrected chi connectivity index (χ3v) is 9.36. The molecule has 0 aromatic carbocycles. The molecule has 0 saturated heterocycles. The van der Waals surface area contributed by atoms with E-state index in [1.165, 1.54) is 0 Å². The van der Waals surface area contributed by atoms with Crippen molar-refractivity contribution in [1.82, 2.24) is 0 Å². The van der Waals surface area contributed by atoms with Gasteiger partial charge < -0.3 is 15.5 Å². The Morgan fingerprint density at radius 1 is 0.955 bits per heavy atom. The topological polar surface area (TPSA) is 111 Å². The fraction of sp³-hybridized carbons (Fsp3) is 0.658. The number of ketones is 3. The van der Waals surface area contributed by atoms with Gasteiger partial charge in [-0.1, -0.05) is 67.4 Å². The van der Waals surface area contributed by atoms with Gasteiger partial charge >= 0.3 is 0 Å². The smallest absolute Gasteiger partial charge is 0.179 e. The Morgan fingerprint density at radius 2 is 1.50 bits per heavy atom. The minimum absolute atomic E-state index is 0.126. The Bertz CT molecular complexity index is 1200. The highest BCUT2D eigenvalue weighted by Crippen LogP contribution is 2.67. The standard InChI is InChI=1S/C35H52O4.C3H9NO/c1-22(2)13-12-19-33(11)27(16-14-23(3)4)21-34(20-18-25(7)8)30(37)28(17-15-24(5)6)31(38)35(33,32(34)39)29(36)26(9)10;1-4-2-3-5/h13-15,18,26-27,37H,12,16-17,19-21H2,1-11H3;4-5H,2-3H2,1H3/t27?,33-,34-,35+;/m1./s1. The van der Waals surface area contributed by atoms with E-state index in [0.29, 0.717) is 25.7 Å². The molecule has 2 bridgehead atoms. The average Bonchev–Trinajstić information content (AvgIpc) is 2.92. The Kier molecular flexibility index (Phi) is 14.9. The molecule has 0 radical (unpaired) electrons. The zero-order valence-electron chi connectivity index (χ0n) is 29.8. The van der Waals surface area contributed by atoms with Crippen molar-refractivity contribution in [2.24, 2.45) is 28.1 Å². The van der Waals surface area contributed by atoms with Gasteiger partial charge in [-0.25, -0.2) is 0 Å². The number of Topliss-reactive ketones (excluding diaryl/α,β-unsaturated/α-hetero) is 3. The van der Waals surface area contributed by atoms with E-state index in [0.717, 1.165) is 28.8 Å². The summed E-state index contributed by atoms with van der Waals surface area (Å²) in [6, 6.07) is 0. The summed E-state index contributed by atoms with van der Waals surface area (Å²) in [5, 5.41) is 24.3. The van der Waals surface area contributed by atoms with Crippen LogP contribution in [0.15, 0.2) is 57.9 Å². The van der Waals surface area contributed by atoms with Gasteiger partial charge in [0.05, 0.1) is 20.2 Å². The maximum atomic E-state index is 15.0. The minimum Gasteiger partial charge on any atom is -0.874 e. The zero-order valence-corrected chi connectivity index (χ0v) is 29.8. The van der Waals surface area contributed by atoms with Gasteiger partial charge in [-0.15, -0.1) is 5.76 Å². The minimum atomic E-state index is -1.87. The molecule has 6 heteroatoms. The van der Waals surface area contributed by atoms with Crippen LogP contribution in [0.3, 0.4) is 0 Å². The van der Waals surface area contributed by atoms with Crippen molar-refractivity contribution in [2.75, 3.05) is 20.2 Å². The Labute approximate surface area is 267 Å². The summed E-state index contributed by atoms with van der Waals surface area (Å²) >= 11 is 0. The number of rotatable bonds is 13. The monoisotopic (exact) mass is 611 g/mol. The van der Waals surface area contributed by atoms with E-state index in [1.807, 2.05) is 86.8 Å². The molecule has 4 atom stereocenters. The Balaban J connectivity index is 0.00000178. The van der Waals surface area contributed by atoms with E-state index in [-0.39, 0.29) is 42.5 Å². The van der Waals surface area contributed by atoms with E-state index in [1.54, 1.807) is 13.8 Å². The first kappa shape index (κ1) is 39.5. The molecule has 0 amide bonds. The molecule has 44 heavy (non-hydrogen) atoms. The molecule has 3 N–H and O–H groups in total. The van der Waals surface area contributed by atoms with Gasteiger partial charge in [-0.05, 0) is 111 Å². The summed E-state index contributed by atoms with van der Waals surface area (Å²) in [7, 11) is 1.93. The van der Waals surface area contributed by atoms with Crippen LogP contribution in [0, 0.1) is 28.1 Å². The van der Waals surface area contributed by atoms with E-state index in [2.05, 4.69) is 12.2 Å². The molecule has 0 aromatic heterocycles. The summed E-state index contributed by atoms with van der Waals surface area (Å²) in [5.74, 6) is -2.39. The van der Waals surface area contributed by atoms with Crippen molar-refractivity contribution >= 4 is 17.3 Å². The fourth-order valence-electron chi connectivity index (χ4n) is 6.82. The first-order valence-electron chi connectivity index (χ1n) is 16.4. The van der Waals surface area contributed by atoms with Crippen LogP contribution in [0.5, 0.6) is 0 Å². The molecule has 1 saturated carbocycles. The predicted octanol–water partition coefficient (Wildman–Crippen LogP) is 5.96. The summed E-state index contributed by atoms with van der Waals surface area (Å²) in [6.07, 6.45) is 10.6. The molecule has 1 unspecified atom stereocenters. The van der Waals surface area contributed by atoms with Crippen molar-refractivity contribution < 1.29 is 29.9 Å². The number of nitrogens with two attached hydrogens (primary N) is 1. The number of aliphatic hydroxyl groups is 1. The Hall–Kier alpha value is -2.57. The van der Waals surface area contributed by atoms with Crippen LogP contribution in [0.4, 0.5) is 0 Å². The molecular formula is C38H61NO5. The molecule has 0 aromatic rings. The van der Waals surface area contributed by atoms with Gasteiger partial charge in [0.1, 0.15) is 0 Å². The number of carbonyl (C=O) groups excluding carboxylic acids is 3. The van der Waals surface area contributed by atoms with Crippen LogP contribution in [-0.2, 0) is 14.4 Å². The summed E-state index contributed by atoms with van der Waals surface area (Å²) < 4.78 is 0. The fourth-order valence-corrected chi connectivity index (χ4v) is 6.82. The second-order valence-corrected chi connectivity index (χ2v) is 14.4. The van der Waals surface area contributed by atoms with Crippen molar-refractivity contribution in [3.63, 3.8) is 0 Å². The van der Waals surface area contributed by atoms with E-state index in [9.17, 15) is 19.5 Å². The third kappa shape index (κ3) is 8.17. The number of hydrogen-bond donors (Lipinski definition) is 2. The number of allylic oxidation sites excluding steroid dienone is 10. The molecule has 6 nitrogen and oxygen atoms in total. The van der Waals surface area contributed by atoms with Crippen molar-refractivity contribution in [1.29, 1.82) is 0 Å². The van der Waals surface area contributed by atoms with Crippen LogP contribution >= 0.6 is 0 Å². The SMILES string of the molecule is CC(C)=CCC[C@]1(C)C(CC=C(C)C)C[C@@]2(CC=C(C)C)C(=O)[C@]1(C(=O)C(C)C)C(=O)C(CC=C(C)C)=C2[O-].C[NH2+]CCO. The highest BCUT2D eigenvalue weighted by molar-refractivity contribution is 6.33. The van der Waals surface area contributed by atoms with Gasteiger partial charge in [-0.2, -0.15) is 0 Å². The first-order valence-corrected chi connectivity index (χ1v) is 16.4. The van der Waals surface area contributed by atoms with Gasteiger partial charge in [-0.3, -0.25) is 14.4 Å². The summed E-state index contributed by atoms with van der Waals surface area (Å²) in [5.41, 5.74) is 0.212. The van der Waals surface area contributed by atoms with Gasteiger partial charge in [0, 0.05) is 11.3 Å². The molecule has 0 spiro atoms. The van der Waals surface area contributed by atoms with E-state index >= 15 is 0 Å². The quantitative estimate of drug-likeness (QED) is 0.197. The van der Waals surface area contributed by atoms with Gasteiger partial charge in [0.2, 0.25) is 0 Å². The van der Waals surface area contributed by atoms with Gasteiger partial charge in [0.15, 0.2) is 22.8 Å². The lowest BCUT2D eigenvalue weighted by atomic mass is 9.38. The maximum absolute atomic E-state index is 15.0. The first-order chi connectivity index (χ1) is 20.4. The molecular weight excluding hydrogens is 550 g/mol.